The van der Waals surface area contributed by atoms with Crippen molar-refractivity contribution >= 4 is 44.4 Å². The molecule has 2 amide bonds. The molecule has 0 saturated heterocycles. The molecule has 4 rings (SSSR count). The molecule has 0 aliphatic heterocycles. The van der Waals surface area contributed by atoms with Crippen molar-refractivity contribution in [2.45, 2.75) is 37.5 Å². The number of nitrogens with one attached hydrogen (secondary N) is 2. The second kappa shape index (κ2) is 17.6. The summed E-state index contributed by atoms with van der Waals surface area (Å²) in [6, 6.07) is 28.0. The number of sulfonamides is 2. The van der Waals surface area contributed by atoms with Crippen LogP contribution in [0, 0.1) is 27.7 Å². The topological polar surface area (TPSA) is 145 Å². The molecule has 0 bridgehead atoms. The molecule has 4 aromatic rings. The molecule has 2 N–H and O–H groups in total. The van der Waals surface area contributed by atoms with Crippen molar-refractivity contribution in [2.24, 2.45) is 0 Å². The van der Waals surface area contributed by atoms with Gasteiger partial charge in [-0.25, -0.2) is 35.9 Å². The first-order valence-corrected chi connectivity index (χ1v) is 17.7. The van der Waals surface area contributed by atoms with Crippen LogP contribution in [0.2, 0.25) is 0 Å². The Bertz CT molecular complexity index is 1790. The maximum Gasteiger partial charge on any atom is 0.421 e. The largest absolute Gasteiger partial charge is 0.445 e. The van der Waals surface area contributed by atoms with Gasteiger partial charge in [0.25, 0.3) is 20.0 Å². The maximum absolute atomic E-state index is 12.0. The van der Waals surface area contributed by atoms with Gasteiger partial charge in [0.2, 0.25) is 0 Å². The number of hydrogen-bond donors (Lipinski definition) is 2. The average molecular weight is 691 g/mol. The van der Waals surface area contributed by atoms with E-state index in [2.05, 4.69) is 0 Å². The molecule has 4 aromatic carbocycles. The van der Waals surface area contributed by atoms with Crippen molar-refractivity contribution < 1.29 is 35.9 Å². The van der Waals surface area contributed by atoms with Crippen molar-refractivity contribution in [1.29, 1.82) is 0 Å². The maximum atomic E-state index is 12.0. The van der Waals surface area contributed by atoms with Crippen molar-refractivity contribution in [3.05, 3.63) is 143 Å². The molecule has 0 saturated carbocycles. The summed E-state index contributed by atoms with van der Waals surface area (Å²) in [6.07, 6.45) is 4.85. The Kier molecular flexibility index (Phi) is 13.7. The molecule has 0 unspecified atom stereocenters. The number of benzene rings is 4. The molecule has 0 spiro atoms. The summed E-state index contributed by atoms with van der Waals surface area (Å²) in [6.45, 7) is 7.63. The normalized spacial score (nSPS) is 11.4. The van der Waals surface area contributed by atoms with Crippen LogP contribution in [0.1, 0.15) is 33.4 Å². The van der Waals surface area contributed by atoms with E-state index in [1.807, 2.05) is 85.7 Å². The van der Waals surface area contributed by atoms with E-state index < -0.39 is 32.2 Å². The molecule has 0 fully saturated rings. The van der Waals surface area contributed by atoms with Gasteiger partial charge in [0.15, 0.2) is 0 Å². The average Bonchev–Trinajstić information content (AvgIpc) is 3.03. The highest BCUT2D eigenvalue weighted by Gasteiger charge is 2.19. The fourth-order valence-electron chi connectivity index (χ4n) is 3.80. The van der Waals surface area contributed by atoms with Crippen LogP contribution in [0.25, 0.3) is 12.2 Å². The molecule has 0 aromatic heterocycles. The van der Waals surface area contributed by atoms with Crippen molar-refractivity contribution in [3.8, 4) is 0 Å². The summed E-state index contributed by atoms with van der Waals surface area (Å²) in [5.41, 5.74) is 6.11. The number of rotatable bonds is 10. The molecule has 0 aliphatic carbocycles. The van der Waals surface area contributed by atoms with Gasteiger partial charge in [-0.05, 0) is 75.2 Å². The van der Waals surface area contributed by atoms with E-state index in [0.29, 0.717) is 0 Å². The summed E-state index contributed by atoms with van der Waals surface area (Å²) in [5, 5.41) is 0. The fraction of sp³-hybridized carbons (Fsp3) is 0.167. The van der Waals surface area contributed by atoms with Gasteiger partial charge in [0.05, 0.1) is 9.79 Å². The first-order chi connectivity index (χ1) is 22.7. The SMILES string of the molecule is Cc1ccc(/C=C/COC(=O)NS(=O)(=O)c2ccc(C)cc2)cc1.Cc1ccc(/C=C/COC(=O)NS(=O)(=O)c2ccc(C)cc2)cc1. The van der Waals surface area contributed by atoms with E-state index in [9.17, 15) is 26.4 Å². The van der Waals surface area contributed by atoms with Crippen LogP contribution in [0.3, 0.4) is 0 Å². The fourth-order valence-corrected chi connectivity index (χ4v) is 5.58. The highest BCUT2D eigenvalue weighted by molar-refractivity contribution is 7.90. The van der Waals surface area contributed by atoms with Gasteiger partial charge in [0, 0.05) is 0 Å². The summed E-state index contributed by atoms with van der Waals surface area (Å²) in [7, 11) is -7.84. The smallest absolute Gasteiger partial charge is 0.421 e. The third kappa shape index (κ3) is 12.9. The molecule has 12 heteroatoms. The molecular weight excluding hydrogens is 653 g/mol. The third-order valence-corrected chi connectivity index (χ3v) is 9.15. The number of aryl methyl sites for hydroxylation is 4. The second-order valence-corrected chi connectivity index (χ2v) is 14.0. The number of ether oxygens (including phenoxy) is 2. The van der Waals surface area contributed by atoms with Crippen LogP contribution in [0.4, 0.5) is 9.59 Å². The first-order valence-electron chi connectivity index (χ1n) is 14.7. The molecule has 0 heterocycles. The number of carbonyl (C=O) groups is 2. The minimum Gasteiger partial charge on any atom is -0.445 e. The minimum absolute atomic E-state index is 0.0141. The van der Waals surface area contributed by atoms with Gasteiger partial charge < -0.3 is 9.47 Å². The summed E-state index contributed by atoms with van der Waals surface area (Å²) >= 11 is 0. The molecule has 0 atom stereocenters. The Hall–Kier alpha value is -5.20. The lowest BCUT2D eigenvalue weighted by molar-refractivity contribution is 0.164. The lowest BCUT2D eigenvalue weighted by atomic mass is 10.1. The second-order valence-electron chi connectivity index (χ2n) is 10.7. The predicted molar refractivity (Wildman–Crippen MR) is 186 cm³/mol. The van der Waals surface area contributed by atoms with Crippen LogP contribution in [0.5, 0.6) is 0 Å². The number of hydrogen-bond acceptors (Lipinski definition) is 8. The zero-order valence-electron chi connectivity index (χ0n) is 27.0. The quantitative estimate of drug-likeness (QED) is 0.184. The molecule has 0 radical (unpaired) electrons. The Labute approximate surface area is 282 Å². The minimum atomic E-state index is -3.92. The molecule has 0 aliphatic rings. The molecular formula is C36H38N2O8S2. The lowest BCUT2D eigenvalue weighted by Gasteiger charge is -2.07. The van der Waals surface area contributed by atoms with Crippen molar-refractivity contribution in [2.75, 3.05) is 13.2 Å². The summed E-state index contributed by atoms with van der Waals surface area (Å²) in [5.74, 6) is 0. The zero-order valence-corrected chi connectivity index (χ0v) is 28.7. The number of amides is 2. The molecule has 10 nitrogen and oxygen atoms in total. The number of carbonyl (C=O) groups excluding carboxylic acids is 2. The summed E-state index contributed by atoms with van der Waals surface area (Å²) < 4.78 is 61.5. The Morgan fingerprint density at radius 1 is 0.500 bits per heavy atom. The van der Waals surface area contributed by atoms with Crippen LogP contribution in [0.15, 0.2) is 119 Å². The first kappa shape index (κ1) is 37.3. The predicted octanol–water partition coefficient (Wildman–Crippen LogP) is 6.86. The highest BCUT2D eigenvalue weighted by Crippen LogP contribution is 2.11. The summed E-state index contributed by atoms with van der Waals surface area (Å²) in [4.78, 5) is 23.2. The van der Waals surface area contributed by atoms with Gasteiger partial charge in [-0.2, -0.15) is 0 Å². The van der Waals surface area contributed by atoms with Gasteiger partial charge >= 0.3 is 12.2 Å². The molecule has 48 heavy (non-hydrogen) atoms. The van der Waals surface area contributed by atoms with E-state index in [4.69, 9.17) is 9.47 Å². The van der Waals surface area contributed by atoms with Gasteiger partial charge in [-0.1, -0.05) is 107 Å². The van der Waals surface area contributed by atoms with Gasteiger partial charge in [-0.3, -0.25) is 0 Å². The van der Waals surface area contributed by atoms with E-state index in [1.54, 1.807) is 48.6 Å². The van der Waals surface area contributed by atoms with E-state index in [-0.39, 0.29) is 23.0 Å². The monoisotopic (exact) mass is 690 g/mol. The third-order valence-electron chi connectivity index (χ3n) is 6.49. The van der Waals surface area contributed by atoms with Gasteiger partial charge in [-0.15, -0.1) is 0 Å². The van der Waals surface area contributed by atoms with Crippen LogP contribution < -0.4 is 9.44 Å². The van der Waals surface area contributed by atoms with Crippen LogP contribution >= 0.6 is 0 Å². The lowest BCUT2D eigenvalue weighted by Crippen LogP contribution is -2.31. The van der Waals surface area contributed by atoms with Crippen LogP contribution in [-0.4, -0.2) is 42.2 Å². The van der Waals surface area contributed by atoms with Gasteiger partial charge in [0.1, 0.15) is 13.2 Å². The Morgan fingerprint density at radius 2 is 0.771 bits per heavy atom. The van der Waals surface area contributed by atoms with Crippen molar-refractivity contribution in [3.63, 3.8) is 0 Å². The standard InChI is InChI=1S/2C18H19NO4S/c2*1-14-5-9-16(10-6-14)4-3-13-23-18(20)19-24(21,22)17-11-7-15(2)8-12-17/h2*3-12H,13H2,1-2H3,(H,19,20)/b2*4-3+. The Morgan fingerprint density at radius 3 is 1.06 bits per heavy atom. The van der Waals surface area contributed by atoms with E-state index in [1.165, 1.54) is 24.3 Å². The van der Waals surface area contributed by atoms with Crippen LogP contribution in [-0.2, 0) is 29.5 Å². The van der Waals surface area contributed by atoms with Crippen molar-refractivity contribution in [1.82, 2.24) is 9.44 Å². The highest BCUT2D eigenvalue weighted by atomic mass is 32.2. The van der Waals surface area contributed by atoms with E-state index in [0.717, 1.165) is 33.4 Å². The zero-order chi connectivity index (χ0) is 35.2. The molecule has 252 valence electrons. The van der Waals surface area contributed by atoms with E-state index >= 15 is 0 Å². The Balaban J connectivity index is 0.000000260.